The molecule has 1 aliphatic rings. The SMILES string of the molecule is C[C@@H]1C[C@H](C)[C@@H]([C@@H](C)CO[Si](C)(C)C(C)(C)C)OC1=O. The second-order valence-electron chi connectivity index (χ2n) is 8.06. The van der Waals surface area contributed by atoms with E-state index in [1.807, 2.05) is 6.92 Å². The number of carbonyl (C=O) groups is 1. The number of ether oxygens (including phenoxy) is 1. The van der Waals surface area contributed by atoms with Gasteiger partial charge in [-0.2, -0.15) is 0 Å². The van der Waals surface area contributed by atoms with Gasteiger partial charge < -0.3 is 9.16 Å². The summed E-state index contributed by atoms with van der Waals surface area (Å²) in [6, 6.07) is 0. The molecule has 20 heavy (non-hydrogen) atoms. The summed E-state index contributed by atoms with van der Waals surface area (Å²) in [4.78, 5) is 11.8. The van der Waals surface area contributed by atoms with Gasteiger partial charge in [-0.05, 0) is 30.5 Å². The fourth-order valence-corrected chi connectivity index (χ4v) is 3.60. The smallest absolute Gasteiger partial charge is 0.308 e. The molecule has 0 aliphatic carbocycles. The van der Waals surface area contributed by atoms with Crippen molar-refractivity contribution in [1.29, 1.82) is 0 Å². The molecule has 1 aliphatic heterocycles. The lowest BCUT2D eigenvalue weighted by Crippen LogP contribution is -2.45. The van der Waals surface area contributed by atoms with Gasteiger partial charge in [0.25, 0.3) is 0 Å². The zero-order valence-corrected chi connectivity index (χ0v) is 15.4. The van der Waals surface area contributed by atoms with E-state index in [1.54, 1.807) is 0 Å². The highest BCUT2D eigenvalue weighted by atomic mass is 28.4. The Hall–Kier alpha value is -0.353. The Morgan fingerprint density at radius 2 is 1.90 bits per heavy atom. The van der Waals surface area contributed by atoms with Crippen LogP contribution in [0, 0.1) is 17.8 Å². The van der Waals surface area contributed by atoms with Crippen LogP contribution in [0.3, 0.4) is 0 Å². The first-order valence-electron chi connectivity index (χ1n) is 7.80. The number of rotatable bonds is 4. The van der Waals surface area contributed by atoms with E-state index in [9.17, 15) is 4.79 Å². The molecule has 118 valence electrons. The fraction of sp³-hybridized carbons (Fsp3) is 0.938. The van der Waals surface area contributed by atoms with E-state index in [-0.39, 0.29) is 28.9 Å². The van der Waals surface area contributed by atoms with Crippen molar-refractivity contribution in [2.75, 3.05) is 6.61 Å². The van der Waals surface area contributed by atoms with Crippen molar-refractivity contribution in [1.82, 2.24) is 0 Å². The van der Waals surface area contributed by atoms with Crippen molar-refractivity contribution in [3.8, 4) is 0 Å². The van der Waals surface area contributed by atoms with Crippen molar-refractivity contribution in [2.24, 2.45) is 17.8 Å². The monoisotopic (exact) mass is 300 g/mol. The minimum Gasteiger partial charge on any atom is -0.462 e. The van der Waals surface area contributed by atoms with E-state index in [0.717, 1.165) is 6.42 Å². The summed E-state index contributed by atoms with van der Waals surface area (Å²) in [6.07, 6.45) is 0.928. The number of carbonyl (C=O) groups excluding carboxylic acids is 1. The zero-order valence-electron chi connectivity index (χ0n) is 14.4. The fourth-order valence-electron chi connectivity index (χ4n) is 2.48. The van der Waals surface area contributed by atoms with Crippen LogP contribution >= 0.6 is 0 Å². The first kappa shape index (κ1) is 17.7. The van der Waals surface area contributed by atoms with Crippen LogP contribution in [0.15, 0.2) is 0 Å². The van der Waals surface area contributed by atoms with Gasteiger partial charge in [0, 0.05) is 12.5 Å². The Bertz CT molecular complexity index is 346. The molecule has 0 spiro atoms. The summed E-state index contributed by atoms with van der Waals surface area (Å²) in [5, 5.41) is 0.218. The van der Waals surface area contributed by atoms with Crippen molar-refractivity contribution in [3.63, 3.8) is 0 Å². The molecule has 0 N–H and O–H groups in total. The molecule has 4 atom stereocenters. The Morgan fingerprint density at radius 1 is 1.35 bits per heavy atom. The summed E-state index contributed by atoms with van der Waals surface area (Å²) in [5.41, 5.74) is 0. The topological polar surface area (TPSA) is 35.5 Å². The molecule has 3 nitrogen and oxygen atoms in total. The first-order chi connectivity index (χ1) is 8.95. The van der Waals surface area contributed by atoms with Crippen LogP contribution in [0.2, 0.25) is 18.1 Å². The molecule has 1 fully saturated rings. The molecule has 1 rings (SSSR count). The van der Waals surface area contributed by atoms with Crippen LogP contribution in [0.5, 0.6) is 0 Å². The van der Waals surface area contributed by atoms with Crippen molar-refractivity contribution >= 4 is 14.3 Å². The van der Waals surface area contributed by atoms with E-state index in [1.165, 1.54) is 0 Å². The third-order valence-electron chi connectivity index (χ3n) is 5.01. The third kappa shape index (κ3) is 4.07. The van der Waals surface area contributed by atoms with E-state index < -0.39 is 8.32 Å². The highest BCUT2D eigenvalue weighted by Gasteiger charge is 2.40. The lowest BCUT2D eigenvalue weighted by Gasteiger charge is -2.40. The average Bonchev–Trinajstić information content (AvgIpc) is 2.29. The molecule has 0 amide bonds. The van der Waals surface area contributed by atoms with Gasteiger partial charge in [-0.15, -0.1) is 0 Å². The molecular weight excluding hydrogens is 268 g/mol. The van der Waals surface area contributed by atoms with Crippen LogP contribution in [-0.4, -0.2) is 27.0 Å². The van der Waals surface area contributed by atoms with Crippen molar-refractivity contribution in [3.05, 3.63) is 0 Å². The van der Waals surface area contributed by atoms with Crippen LogP contribution in [0.25, 0.3) is 0 Å². The molecule has 4 heteroatoms. The summed E-state index contributed by atoms with van der Waals surface area (Å²) >= 11 is 0. The minimum absolute atomic E-state index is 0.00321. The Balaban J connectivity index is 2.59. The van der Waals surface area contributed by atoms with E-state index >= 15 is 0 Å². The van der Waals surface area contributed by atoms with Crippen molar-refractivity contribution in [2.45, 2.75) is 72.2 Å². The number of esters is 1. The van der Waals surface area contributed by atoms with Gasteiger partial charge in [-0.3, -0.25) is 4.79 Å². The Labute approximate surface area is 125 Å². The van der Waals surface area contributed by atoms with Gasteiger partial charge >= 0.3 is 5.97 Å². The van der Waals surface area contributed by atoms with Gasteiger partial charge in [-0.1, -0.05) is 41.5 Å². The zero-order chi connectivity index (χ0) is 15.7. The van der Waals surface area contributed by atoms with Crippen LogP contribution in [0.4, 0.5) is 0 Å². The maximum atomic E-state index is 11.8. The normalized spacial score (nSPS) is 30.0. The predicted molar refractivity (Wildman–Crippen MR) is 85.1 cm³/mol. The molecule has 0 bridgehead atoms. The summed E-state index contributed by atoms with van der Waals surface area (Å²) in [6.45, 7) is 18.2. The Kier molecular flexibility index (Phi) is 5.47. The number of hydrogen-bond donors (Lipinski definition) is 0. The average molecular weight is 301 g/mol. The molecular formula is C16H32O3Si. The maximum Gasteiger partial charge on any atom is 0.308 e. The van der Waals surface area contributed by atoms with Gasteiger partial charge in [0.1, 0.15) is 6.10 Å². The van der Waals surface area contributed by atoms with E-state index in [0.29, 0.717) is 12.5 Å². The molecule has 0 aromatic rings. The van der Waals surface area contributed by atoms with Crippen LogP contribution in [0.1, 0.15) is 48.0 Å². The second-order valence-corrected chi connectivity index (χ2v) is 12.9. The minimum atomic E-state index is -1.72. The lowest BCUT2D eigenvalue weighted by molar-refractivity contribution is -0.169. The quantitative estimate of drug-likeness (QED) is 0.575. The summed E-state index contributed by atoms with van der Waals surface area (Å²) in [5.74, 6) is 0.665. The van der Waals surface area contributed by atoms with Gasteiger partial charge in [-0.25, -0.2) is 0 Å². The maximum absolute atomic E-state index is 11.8. The van der Waals surface area contributed by atoms with Gasteiger partial charge in [0.15, 0.2) is 8.32 Å². The van der Waals surface area contributed by atoms with Crippen molar-refractivity contribution < 1.29 is 14.0 Å². The van der Waals surface area contributed by atoms with E-state index in [4.69, 9.17) is 9.16 Å². The van der Waals surface area contributed by atoms with Crippen LogP contribution in [-0.2, 0) is 14.0 Å². The molecule has 0 aromatic heterocycles. The molecule has 0 saturated carbocycles. The van der Waals surface area contributed by atoms with E-state index in [2.05, 4.69) is 47.7 Å². The summed E-state index contributed by atoms with van der Waals surface area (Å²) < 4.78 is 11.9. The standard InChI is InChI=1S/C16H32O3Si/c1-11-9-12(2)15(17)19-14(11)13(3)10-18-20(7,8)16(4,5)6/h11-14H,9-10H2,1-8H3/t11-,12+,13-,14-/m0/s1. The largest absolute Gasteiger partial charge is 0.462 e. The second kappa shape index (κ2) is 6.18. The predicted octanol–water partition coefficient (Wildman–Crippen LogP) is 4.23. The first-order valence-corrected chi connectivity index (χ1v) is 10.7. The molecule has 0 radical (unpaired) electrons. The van der Waals surface area contributed by atoms with Gasteiger partial charge in [0.05, 0.1) is 5.92 Å². The third-order valence-corrected chi connectivity index (χ3v) is 9.52. The number of hydrogen-bond acceptors (Lipinski definition) is 3. The van der Waals surface area contributed by atoms with Crippen LogP contribution < -0.4 is 0 Å². The lowest BCUT2D eigenvalue weighted by atomic mass is 9.84. The van der Waals surface area contributed by atoms with Gasteiger partial charge in [0.2, 0.25) is 0 Å². The molecule has 1 heterocycles. The number of cyclic esters (lactones) is 1. The highest BCUT2D eigenvalue weighted by molar-refractivity contribution is 6.74. The molecule has 0 unspecified atom stereocenters. The summed E-state index contributed by atoms with van der Waals surface area (Å²) in [7, 11) is -1.72. The molecule has 0 aromatic carbocycles. The Morgan fingerprint density at radius 3 is 2.40 bits per heavy atom. The molecule has 1 saturated heterocycles. The highest BCUT2D eigenvalue weighted by Crippen LogP contribution is 2.37.